The summed E-state index contributed by atoms with van der Waals surface area (Å²) in [7, 11) is 0. The van der Waals surface area contributed by atoms with Crippen molar-refractivity contribution in [3.05, 3.63) is 29.6 Å². The molecule has 4 heteroatoms. The maximum atomic E-state index is 4.54. The zero-order valence-corrected chi connectivity index (χ0v) is 10.9. The van der Waals surface area contributed by atoms with Crippen molar-refractivity contribution in [1.82, 2.24) is 20.2 Å². The van der Waals surface area contributed by atoms with E-state index in [9.17, 15) is 0 Å². The average Bonchev–Trinajstić information content (AvgIpc) is 2.82. The Morgan fingerprint density at radius 3 is 2.89 bits per heavy atom. The Morgan fingerprint density at radius 2 is 2.11 bits per heavy atom. The van der Waals surface area contributed by atoms with Crippen molar-refractivity contribution < 1.29 is 0 Å². The third-order valence-corrected chi connectivity index (χ3v) is 3.55. The number of piperazine rings is 1. The summed E-state index contributed by atoms with van der Waals surface area (Å²) in [6.45, 7) is 7.65. The van der Waals surface area contributed by atoms with Crippen LogP contribution in [-0.4, -0.2) is 41.0 Å². The van der Waals surface area contributed by atoms with Gasteiger partial charge in [0.15, 0.2) is 0 Å². The fraction of sp³-hybridized carbons (Fsp3) is 0.500. The lowest BCUT2D eigenvalue weighted by Crippen LogP contribution is -2.42. The normalized spacial score (nSPS) is 17.4. The SMILES string of the molecule is CCc1nc2ccc(CN3CCNCC3)cc2[nH]1. The second-order valence-corrected chi connectivity index (χ2v) is 4.91. The number of hydrogen-bond acceptors (Lipinski definition) is 3. The summed E-state index contributed by atoms with van der Waals surface area (Å²) in [4.78, 5) is 10.4. The minimum atomic E-state index is 0.960. The van der Waals surface area contributed by atoms with E-state index >= 15 is 0 Å². The largest absolute Gasteiger partial charge is 0.342 e. The number of aromatic nitrogens is 2. The van der Waals surface area contributed by atoms with Crippen LogP contribution in [0.25, 0.3) is 11.0 Å². The molecule has 18 heavy (non-hydrogen) atoms. The predicted molar refractivity (Wildman–Crippen MR) is 73.6 cm³/mol. The Bertz CT molecular complexity index is 526. The topological polar surface area (TPSA) is 44.0 Å². The summed E-state index contributed by atoms with van der Waals surface area (Å²) in [5.41, 5.74) is 3.62. The molecule has 0 bridgehead atoms. The maximum absolute atomic E-state index is 4.54. The molecule has 2 N–H and O–H groups in total. The molecule has 1 aromatic carbocycles. The van der Waals surface area contributed by atoms with Crippen LogP contribution >= 0.6 is 0 Å². The molecule has 3 rings (SSSR count). The van der Waals surface area contributed by atoms with Gasteiger partial charge in [-0.05, 0) is 17.7 Å². The molecule has 1 saturated heterocycles. The zero-order chi connectivity index (χ0) is 12.4. The number of benzene rings is 1. The number of H-pyrrole nitrogens is 1. The van der Waals surface area contributed by atoms with E-state index in [1.807, 2.05) is 0 Å². The monoisotopic (exact) mass is 244 g/mol. The number of rotatable bonds is 3. The van der Waals surface area contributed by atoms with Gasteiger partial charge in [0, 0.05) is 39.1 Å². The minimum absolute atomic E-state index is 0.960. The van der Waals surface area contributed by atoms with Crippen LogP contribution in [0.4, 0.5) is 0 Å². The second kappa shape index (κ2) is 5.08. The third-order valence-electron chi connectivity index (χ3n) is 3.55. The number of aromatic amines is 1. The Kier molecular flexibility index (Phi) is 3.30. The van der Waals surface area contributed by atoms with Gasteiger partial charge in [0.05, 0.1) is 11.0 Å². The van der Waals surface area contributed by atoms with Gasteiger partial charge in [0.25, 0.3) is 0 Å². The molecule has 0 atom stereocenters. The molecular formula is C14H20N4. The summed E-state index contributed by atoms with van der Waals surface area (Å²) in [6, 6.07) is 6.57. The fourth-order valence-electron chi connectivity index (χ4n) is 2.50. The average molecular weight is 244 g/mol. The van der Waals surface area contributed by atoms with Gasteiger partial charge >= 0.3 is 0 Å². The quantitative estimate of drug-likeness (QED) is 0.860. The molecule has 2 aromatic rings. The van der Waals surface area contributed by atoms with Crippen LogP contribution in [0.3, 0.4) is 0 Å². The van der Waals surface area contributed by atoms with Crippen LogP contribution in [0.5, 0.6) is 0 Å². The third kappa shape index (κ3) is 2.40. The number of imidazole rings is 1. The Labute approximate surface area is 107 Å². The van der Waals surface area contributed by atoms with Crippen molar-refractivity contribution in [2.45, 2.75) is 19.9 Å². The molecule has 1 aromatic heterocycles. The summed E-state index contributed by atoms with van der Waals surface area (Å²) in [6.07, 6.45) is 0.960. The number of nitrogens with one attached hydrogen (secondary N) is 2. The van der Waals surface area contributed by atoms with E-state index in [1.165, 1.54) is 11.1 Å². The van der Waals surface area contributed by atoms with Crippen molar-refractivity contribution >= 4 is 11.0 Å². The lowest BCUT2D eigenvalue weighted by Gasteiger charge is -2.27. The van der Waals surface area contributed by atoms with Crippen molar-refractivity contribution in [2.75, 3.05) is 26.2 Å². The predicted octanol–water partition coefficient (Wildman–Crippen LogP) is 1.53. The Morgan fingerprint density at radius 1 is 1.28 bits per heavy atom. The van der Waals surface area contributed by atoms with E-state index < -0.39 is 0 Å². The van der Waals surface area contributed by atoms with E-state index in [0.29, 0.717) is 0 Å². The van der Waals surface area contributed by atoms with Crippen LogP contribution < -0.4 is 5.32 Å². The summed E-state index contributed by atoms with van der Waals surface area (Å²) in [5, 5.41) is 3.38. The highest BCUT2D eigenvalue weighted by Gasteiger charge is 2.10. The smallest absolute Gasteiger partial charge is 0.106 e. The molecule has 0 unspecified atom stereocenters. The molecule has 0 spiro atoms. The van der Waals surface area contributed by atoms with Gasteiger partial charge in [-0.15, -0.1) is 0 Å². The molecule has 2 heterocycles. The summed E-state index contributed by atoms with van der Waals surface area (Å²) in [5.74, 6) is 1.07. The van der Waals surface area contributed by atoms with E-state index in [4.69, 9.17) is 0 Å². The highest BCUT2D eigenvalue weighted by Crippen LogP contribution is 2.15. The van der Waals surface area contributed by atoms with Crippen LogP contribution in [-0.2, 0) is 13.0 Å². The molecule has 0 amide bonds. The van der Waals surface area contributed by atoms with Gasteiger partial charge in [-0.25, -0.2) is 4.98 Å². The number of aryl methyl sites for hydroxylation is 1. The highest BCUT2D eigenvalue weighted by molar-refractivity contribution is 5.75. The van der Waals surface area contributed by atoms with Crippen LogP contribution in [0, 0.1) is 0 Å². The van der Waals surface area contributed by atoms with Gasteiger partial charge in [-0.2, -0.15) is 0 Å². The van der Waals surface area contributed by atoms with Gasteiger partial charge < -0.3 is 10.3 Å². The zero-order valence-electron chi connectivity index (χ0n) is 10.9. The molecule has 0 saturated carbocycles. The summed E-state index contributed by atoms with van der Waals surface area (Å²) >= 11 is 0. The van der Waals surface area contributed by atoms with Crippen molar-refractivity contribution in [1.29, 1.82) is 0 Å². The van der Waals surface area contributed by atoms with Crippen molar-refractivity contribution in [3.8, 4) is 0 Å². The van der Waals surface area contributed by atoms with Gasteiger partial charge in [0.1, 0.15) is 5.82 Å². The minimum Gasteiger partial charge on any atom is -0.342 e. The first kappa shape index (κ1) is 11.7. The molecule has 1 fully saturated rings. The molecule has 1 aliphatic heterocycles. The van der Waals surface area contributed by atoms with E-state index in [-0.39, 0.29) is 0 Å². The Balaban J connectivity index is 1.79. The van der Waals surface area contributed by atoms with E-state index in [1.54, 1.807) is 0 Å². The molecular weight excluding hydrogens is 224 g/mol. The molecule has 1 aliphatic rings. The highest BCUT2D eigenvalue weighted by atomic mass is 15.2. The molecule has 0 radical (unpaired) electrons. The lowest BCUT2D eigenvalue weighted by atomic mass is 10.2. The number of fused-ring (bicyclic) bond motifs is 1. The fourth-order valence-corrected chi connectivity index (χ4v) is 2.50. The lowest BCUT2D eigenvalue weighted by molar-refractivity contribution is 0.233. The van der Waals surface area contributed by atoms with Crippen LogP contribution in [0.15, 0.2) is 18.2 Å². The van der Waals surface area contributed by atoms with Gasteiger partial charge in [-0.1, -0.05) is 13.0 Å². The molecule has 0 aliphatic carbocycles. The maximum Gasteiger partial charge on any atom is 0.106 e. The summed E-state index contributed by atoms with van der Waals surface area (Å²) < 4.78 is 0. The van der Waals surface area contributed by atoms with Crippen molar-refractivity contribution in [2.24, 2.45) is 0 Å². The van der Waals surface area contributed by atoms with E-state index in [0.717, 1.165) is 50.5 Å². The second-order valence-electron chi connectivity index (χ2n) is 4.91. The first-order valence-corrected chi connectivity index (χ1v) is 6.76. The van der Waals surface area contributed by atoms with Crippen LogP contribution in [0.2, 0.25) is 0 Å². The van der Waals surface area contributed by atoms with E-state index in [2.05, 4.69) is 45.3 Å². The standard InChI is InChI=1S/C14H20N4/c1-2-14-16-12-4-3-11(9-13(12)17-14)10-18-7-5-15-6-8-18/h3-4,9,15H,2,5-8,10H2,1H3,(H,16,17). The first-order chi connectivity index (χ1) is 8.85. The number of nitrogens with zero attached hydrogens (tertiary/aromatic N) is 2. The molecule has 96 valence electrons. The van der Waals surface area contributed by atoms with Gasteiger partial charge in [-0.3, -0.25) is 4.90 Å². The van der Waals surface area contributed by atoms with Crippen LogP contribution in [0.1, 0.15) is 18.3 Å². The first-order valence-electron chi connectivity index (χ1n) is 6.76. The number of hydrogen-bond donors (Lipinski definition) is 2. The van der Waals surface area contributed by atoms with Gasteiger partial charge in [0.2, 0.25) is 0 Å². The Hall–Kier alpha value is -1.39. The van der Waals surface area contributed by atoms with Crippen molar-refractivity contribution in [3.63, 3.8) is 0 Å². The molecule has 4 nitrogen and oxygen atoms in total.